The first-order valence-electron chi connectivity index (χ1n) is 7.42. The molecule has 0 saturated carbocycles. The monoisotopic (exact) mass is 355 g/mol. The van der Waals surface area contributed by atoms with Gasteiger partial charge in [0.05, 0.1) is 10.7 Å². The minimum absolute atomic E-state index is 0.133. The van der Waals surface area contributed by atoms with Gasteiger partial charge in [0.1, 0.15) is 0 Å². The number of benzene rings is 2. The highest BCUT2D eigenvalue weighted by molar-refractivity contribution is 7.09. The maximum atomic E-state index is 13.3. The van der Waals surface area contributed by atoms with E-state index in [0.717, 1.165) is 34.0 Å². The summed E-state index contributed by atoms with van der Waals surface area (Å²) in [5, 5.41) is 6.91. The second-order valence-corrected chi connectivity index (χ2v) is 6.44. The van der Waals surface area contributed by atoms with Gasteiger partial charge in [0.15, 0.2) is 11.6 Å². The minimum Gasteiger partial charge on any atom is -0.334 e. The van der Waals surface area contributed by atoms with Crippen molar-refractivity contribution < 1.29 is 13.3 Å². The van der Waals surface area contributed by atoms with Crippen LogP contribution in [0.4, 0.5) is 8.78 Å². The summed E-state index contributed by atoms with van der Waals surface area (Å²) >= 11 is 1.59. The van der Waals surface area contributed by atoms with Crippen LogP contribution in [0.5, 0.6) is 0 Å². The van der Waals surface area contributed by atoms with Crippen molar-refractivity contribution in [1.29, 1.82) is 0 Å². The van der Waals surface area contributed by atoms with Crippen molar-refractivity contribution in [3.63, 3.8) is 0 Å². The fourth-order valence-corrected chi connectivity index (χ4v) is 3.00. The van der Waals surface area contributed by atoms with Gasteiger partial charge in [-0.05, 0) is 25.1 Å². The molecular weight excluding hydrogens is 344 g/mol. The highest BCUT2D eigenvalue weighted by Gasteiger charge is 2.13. The van der Waals surface area contributed by atoms with Crippen molar-refractivity contribution in [3.8, 4) is 34.1 Å². The number of aryl methyl sites for hydroxylation is 1. The normalized spacial score (nSPS) is 11.0. The van der Waals surface area contributed by atoms with Crippen LogP contribution in [-0.2, 0) is 0 Å². The third-order valence-electron chi connectivity index (χ3n) is 3.65. The molecule has 124 valence electrons. The van der Waals surface area contributed by atoms with Gasteiger partial charge in [-0.3, -0.25) is 0 Å². The van der Waals surface area contributed by atoms with Gasteiger partial charge < -0.3 is 4.52 Å². The molecule has 0 radical (unpaired) electrons. The summed E-state index contributed by atoms with van der Waals surface area (Å²) in [6.45, 7) is 1.96. The lowest BCUT2D eigenvalue weighted by atomic mass is 10.1. The lowest BCUT2D eigenvalue weighted by Crippen LogP contribution is -1.86. The third-order valence-corrected chi connectivity index (χ3v) is 4.42. The van der Waals surface area contributed by atoms with Crippen LogP contribution >= 0.6 is 11.3 Å². The predicted octanol–water partition coefficient (Wildman–Crippen LogP) is 5.11. The lowest BCUT2D eigenvalue weighted by Gasteiger charge is -1.98. The van der Waals surface area contributed by atoms with Crippen LogP contribution in [0.15, 0.2) is 52.4 Å². The van der Waals surface area contributed by atoms with Crippen LogP contribution in [0.25, 0.3) is 34.1 Å². The summed E-state index contributed by atoms with van der Waals surface area (Å²) in [5.74, 6) is -1.37. The van der Waals surface area contributed by atoms with Crippen molar-refractivity contribution in [2.24, 2.45) is 0 Å². The second-order valence-electron chi connectivity index (χ2n) is 5.38. The van der Waals surface area contributed by atoms with E-state index in [1.165, 1.54) is 6.07 Å². The fraction of sp³-hybridized carbons (Fsp3) is 0.0556. The quantitative estimate of drug-likeness (QED) is 0.512. The summed E-state index contributed by atoms with van der Waals surface area (Å²) in [6.07, 6.45) is 0. The molecule has 7 heteroatoms. The van der Waals surface area contributed by atoms with Crippen LogP contribution in [0, 0.1) is 18.6 Å². The molecule has 0 fully saturated rings. The van der Waals surface area contributed by atoms with Gasteiger partial charge in [-0.15, -0.1) is 11.3 Å². The molecule has 0 saturated heterocycles. The Balaban J connectivity index is 1.62. The van der Waals surface area contributed by atoms with E-state index in [0.29, 0.717) is 11.4 Å². The Morgan fingerprint density at radius 2 is 1.60 bits per heavy atom. The molecule has 4 nitrogen and oxygen atoms in total. The van der Waals surface area contributed by atoms with Gasteiger partial charge in [0.25, 0.3) is 5.89 Å². The number of rotatable bonds is 3. The molecule has 0 unspecified atom stereocenters. The van der Waals surface area contributed by atoms with Crippen molar-refractivity contribution in [2.75, 3.05) is 0 Å². The van der Waals surface area contributed by atoms with E-state index in [1.807, 2.05) is 36.6 Å². The average Bonchev–Trinajstić information content (AvgIpc) is 3.27. The first-order valence-corrected chi connectivity index (χ1v) is 8.30. The third kappa shape index (κ3) is 3.06. The first kappa shape index (κ1) is 15.6. The molecule has 0 spiro atoms. The van der Waals surface area contributed by atoms with E-state index in [-0.39, 0.29) is 5.89 Å². The van der Waals surface area contributed by atoms with Crippen LogP contribution in [0.1, 0.15) is 5.01 Å². The summed E-state index contributed by atoms with van der Waals surface area (Å²) in [7, 11) is 0. The summed E-state index contributed by atoms with van der Waals surface area (Å²) in [6, 6.07) is 11.0. The molecule has 2 aromatic heterocycles. The molecule has 0 bridgehead atoms. The molecule has 2 aromatic carbocycles. The highest BCUT2D eigenvalue weighted by Crippen LogP contribution is 2.26. The zero-order chi connectivity index (χ0) is 17.4. The van der Waals surface area contributed by atoms with Crippen molar-refractivity contribution in [1.82, 2.24) is 15.1 Å². The van der Waals surface area contributed by atoms with Crippen LogP contribution in [0.2, 0.25) is 0 Å². The highest BCUT2D eigenvalue weighted by atomic mass is 32.1. The largest absolute Gasteiger partial charge is 0.334 e. The topological polar surface area (TPSA) is 51.8 Å². The smallest absolute Gasteiger partial charge is 0.258 e. The number of hydrogen-bond donors (Lipinski definition) is 0. The van der Waals surface area contributed by atoms with E-state index in [4.69, 9.17) is 4.52 Å². The van der Waals surface area contributed by atoms with E-state index in [1.54, 1.807) is 11.3 Å². The summed E-state index contributed by atoms with van der Waals surface area (Å²) in [5.41, 5.74) is 3.00. The van der Waals surface area contributed by atoms with Crippen molar-refractivity contribution in [3.05, 3.63) is 64.5 Å². The second kappa shape index (κ2) is 6.18. The van der Waals surface area contributed by atoms with Gasteiger partial charge in [-0.25, -0.2) is 13.8 Å². The predicted molar refractivity (Wildman–Crippen MR) is 90.9 cm³/mol. The molecule has 0 aliphatic carbocycles. The lowest BCUT2D eigenvalue weighted by molar-refractivity contribution is 0.431. The SMILES string of the molecule is Cc1nc(-c2ccc(-c3noc(-c4ccc(F)c(F)c4)n3)cc2)cs1. The number of hydrogen-bond acceptors (Lipinski definition) is 5. The number of thiazole rings is 1. The summed E-state index contributed by atoms with van der Waals surface area (Å²) in [4.78, 5) is 8.69. The number of halogens is 2. The zero-order valence-electron chi connectivity index (χ0n) is 13.0. The van der Waals surface area contributed by atoms with Gasteiger partial charge in [-0.1, -0.05) is 29.4 Å². The molecule has 2 heterocycles. The Kier molecular flexibility index (Phi) is 3.85. The zero-order valence-corrected chi connectivity index (χ0v) is 13.8. The molecule has 4 rings (SSSR count). The average molecular weight is 355 g/mol. The van der Waals surface area contributed by atoms with E-state index < -0.39 is 11.6 Å². The Labute approximate surface area is 145 Å². The molecule has 0 N–H and O–H groups in total. The van der Waals surface area contributed by atoms with E-state index >= 15 is 0 Å². The van der Waals surface area contributed by atoms with Gasteiger partial charge in [-0.2, -0.15) is 4.98 Å². The molecule has 0 aliphatic heterocycles. The van der Waals surface area contributed by atoms with Crippen LogP contribution < -0.4 is 0 Å². The van der Waals surface area contributed by atoms with Crippen LogP contribution in [-0.4, -0.2) is 15.1 Å². The first-order chi connectivity index (χ1) is 12.1. The standard InChI is InChI=1S/C18H11F2N3OS/c1-10-21-16(9-25-10)11-2-4-12(5-3-11)17-22-18(24-23-17)13-6-7-14(19)15(20)8-13/h2-9H,1H3. The Bertz CT molecular complexity index is 1040. The van der Waals surface area contributed by atoms with Crippen LogP contribution in [0.3, 0.4) is 0 Å². The van der Waals surface area contributed by atoms with E-state index in [9.17, 15) is 8.78 Å². The number of nitrogens with zero attached hydrogens (tertiary/aromatic N) is 3. The summed E-state index contributed by atoms with van der Waals surface area (Å²) < 4.78 is 31.5. The van der Waals surface area contributed by atoms with Gasteiger partial charge in [0, 0.05) is 22.1 Å². The number of aromatic nitrogens is 3. The molecule has 0 atom stereocenters. The molecular formula is C18H11F2N3OS. The van der Waals surface area contributed by atoms with Gasteiger partial charge >= 0.3 is 0 Å². The molecule has 4 aromatic rings. The maximum Gasteiger partial charge on any atom is 0.258 e. The van der Waals surface area contributed by atoms with E-state index in [2.05, 4.69) is 15.1 Å². The fourth-order valence-electron chi connectivity index (χ4n) is 2.37. The Morgan fingerprint density at radius 3 is 2.28 bits per heavy atom. The minimum atomic E-state index is -0.958. The van der Waals surface area contributed by atoms with Crippen molar-refractivity contribution in [2.45, 2.75) is 6.92 Å². The Morgan fingerprint density at radius 1 is 0.880 bits per heavy atom. The molecule has 25 heavy (non-hydrogen) atoms. The maximum absolute atomic E-state index is 13.3. The molecule has 0 aliphatic rings. The molecule has 0 amide bonds. The Hall–Kier alpha value is -2.93. The van der Waals surface area contributed by atoms with Gasteiger partial charge in [0.2, 0.25) is 5.82 Å². The van der Waals surface area contributed by atoms with Crippen molar-refractivity contribution >= 4 is 11.3 Å².